The van der Waals surface area contributed by atoms with E-state index in [1.807, 2.05) is 0 Å². The molecule has 8 heteroatoms. The highest BCUT2D eigenvalue weighted by Gasteiger charge is 2.13. The molecule has 28 heavy (non-hydrogen) atoms. The first-order valence-corrected chi connectivity index (χ1v) is 8.73. The molecule has 148 valence electrons. The maximum atomic E-state index is 12.0. The zero-order valence-electron chi connectivity index (χ0n) is 15.8. The Morgan fingerprint density at radius 1 is 1.14 bits per heavy atom. The number of carbonyl (C=O) groups is 2. The van der Waals surface area contributed by atoms with E-state index < -0.39 is 4.92 Å². The summed E-state index contributed by atoms with van der Waals surface area (Å²) in [5.41, 5.74) is 0.957. The highest BCUT2D eigenvalue weighted by atomic mass is 16.6. The second kappa shape index (κ2) is 10.1. The number of nitro benzene ring substituents is 1. The molecule has 0 unspecified atom stereocenters. The second-order valence-electron chi connectivity index (χ2n) is 6.04. The van der Waals surface area contributed by atoms with Gasteiger partial charge in [0.2, 0.25) is 5.91 Å². The number of benzene rings is 2. The van der Waals surface area contributed by atoms with E-state index in [2.05, 4.69) is 5.32 Å². The maximum absolute atomic E-state index is 12.0. The third-order valence-electron chi connectivity index (χ3n) is 4.04. The molecule has 0 aliphatic rings. The number of methoxy groups -OCH3 is 1. The Kier molecular flexibility index (Phi) is 7.50. The van der Waals surface area contributed by atoms with E-state index in [-0.39, 0.29) is 37.0 Å². The number of amides is 1. The highest BCUT2D eigenvalue weighted by Crippen LogP contribution is 2.28. The van der Waals surface area contributed by atoms with E-state index in [9.17, 15) is 19.7 Å². The predicted molar refractivity (Wildman–Crippen MR) is 103 cm³/mol. The van der Waals surface area contributed by atoms with Gasteiger partial charge in [0.15, 0.2) is 17.3 Å². The summed E-state index contributed by atoms with van der Waals surface area (Å²) in [7, 11) is 1.49. The molecule has 0 fully saturated rings. The minimum Gasteiger partial charge on any atom is -0.493 e. The van der Waals surface area contributed by atoms with Gasteiger partial charge < -0.3 is 14.8 Å². The average Bonchev–Trinajstić information content (AvgIpc) is 2.69. The van der Waals surface area contributed by atoms with Gasteiger partial charge in [-0.15, -0.1) is 0 Å². The summed E-state index contributed by atoms with van der Waals surface area (Å²) in [6.07, 6.45) is 0.675. The molecule has 2 aromatic carbocycles. The summed E-state index contributed by atoms with van der Waals surface area (Å²) < 4.78 is 10.8. The van der Waals surface area contributed by atoms with Crippen LogP contribution in [0.1, 0.15) is 35.7 Å². The van der Waals surface area contributed by atoms with Gasteiger partial charge in [0.25, 0.3) is 5.69 Å². The van der Waals surface area contributed by atoms with Gasteiger partial charge in [-0.2, -0.15) is 0 Å². The molecular formula is C20H22N2O6. The van der Waals surface area contributed by atoms with Gasteiger partial charge in [0.05, 0.1) is 18.6 Å². The average molecular weight is 386 g/mol. The van der Waals surface area contributed by atoms with E-state index in [1.54, 1.807) is 36.4 Å². The molecule has 0 aliphatic carbocycles. The van der Waals surface area contributed by atoms with Crippen molar-refractivity contribution in [1.82, 2.24) is 5.32 Å². The quantitative estimate of drug-likeness (QED) is 0.291. The van der Waals surface area contributed by atoms with Crippen molar-refractivity contribution in [3.05, 3.63) is 63.7 Å². The van der Waals surface area contributed by atoms with Crippen molar-refractivity contribution in [2.75, 3.05) is 13.7 Å². The number of para-hydroxylation sites is 1. The van der Waals surface area contributed by atoms with Crippen LogP contribution in [-0.2, 0) is 11.3 Å². The van der Waals surface area contributed by atoms with E-state index in [0.717, 1.165) is 0 Å². The number of ether oxygens (including phenoxy) is 2. The normalized spacial score (nSPS) is 10.2. The summed E-state index contributed by atoms with van der Waals surface area (Å²) in [6.45, 7) is 1.85. The van der Waals surface area contributed by atoms with Crippen LogP contribution in [-0.4, -0.2) is 30.3 Å². The molecule has 0 spiro atoms. The number of carbonyl (C=O) groups excluding carboxylic acids is 2. The first kappa shape index (κ1) is 20.9. The number of nitrogens with one attached hydrogen (secondary N) is 1. The van der Waals surface area contributed by atoms with Crippen molar-refractivity contribution in [2.24, 2.45) is 0 Å². The van der Waals surface area contributed by atoms with Crippen molar-refractivity contribution in [1.29, 1.82) is 0 Å². The Balaban J connectivity index is 1.79. The first-order chi connectivity index (χ1) is 13.4. The van der Waals surface area contributed by atoms with Crippen LogP contribution in [0.3, 0.4) is 0 Å². The van der Waals surface area contributed by atoms with Gasteiger partial charge >= 0.3 is 0 Å². The molecule has 0 saturated carbocycles. The maximum Gasteiger partial charge on any atom is 0.274 e. The van der Waals surface area contributed by atoms with Gasteiger partial charge in [0, 0.05) is 30.2 Å². The largest absolute Gasteiger partial charge is 0.493 e. The third-order valence-corrected chi connectivity index (χ3v) is 4.04. The Labute approximate surface area is 162 Å². The SMILES string of the molecule is COc1cc(C(C)=O)ccc1OCCCC(=O)NCc1ccccc1[N+](=O)[O-]. The van der Waals surface area contributed by atoms with Crippen molar-refractivity contribution in [2.45, 2.75) is 26.3 Å². The molecule has 0 heterocycles. The zero-order valence-corrected chi connectivity index (χ0v) is 15.8. The van der Waals surface area contributed by atoms with Crippen molar-refractivity contribution in [3.63, 3.8) is 0 Å². The number of nitrogens with zero attached hydrogens (tertiary/aromatic N) is 1. The second-order valence-corrected chi connectivity index (χ2v) is 6.04. The van der Waals surface area contributed by atoms with Crippen LogP contribution >= 0.6 is 0 Å². The molecule has 0 bridgehead atoms. The standard InChI is InChI=1S/C20H22N2O6/c1-14(23)15-9-10-18(19(12-15)27-2)28-11-5-8-20(24)21-13-16-6-3-4-7-17(16)22(25)26/h3-4,6-7,9-10,12H,5,8,11,13H2,1-2H3,(H,21,24). The first-order valence-electron chi connectivity index (χ1n) is 8.73. The Morgan fingerprint density at radius 3 is 2.57 bits per heavy atom. The number of hydrogen-bond donors (Lipinski definition) is 1. The number of Topliss-reactive ketones (excluding diaryl/α,β-unsaturated/α-hetero) is 1. The van der Waals surface area contributed by atoms with E-state index in [0.29, 0.717) is 29.0 Å². The summed E-state index contributed by atoms with van der Waals surface area (Å²) in [4.78, 5) is 33.9. The molecule has 1 amide bonds. The molecular weight excluding hydrogens is 364 g/mol. The molecule has 0 aliphatic heterocycles. The Hall–Kier alpha value is -3.42. The lowest BCUT2D eigenvalue weighted by molar-refractivity contribution is -0.385. The van der Waals surface area contributed by atoms with Crippen LogP contribution in [0.15, 0.2) is 42.5 Å². The Morgan fingerprint density at radius 2 is 1.89 bits per heavy atom. The fourth-order valence-electron chi connectivity index (χ4n) is 2.54. The van der Waals surface area contributed by atoms with Crippen molar-refractivity contribution < 1.29 is 24.0 Å². The highest BCUT2D eigenvalue weighted by molar-refractivity contribution is 5.94. The van der Waals surface area contributed by atoms with Gasteiger partial charge in [-0.3, -0.25) is 19.7 Å². The van der Waals surface area contributed by atoms with Crippen molar-refractivity contribution >= 4 is 17.4 Å². The van der Waals surface area contributed by atoms with Crippen LogP contribution in [0.4, 0.5) is 5.69 Å². The van der Waals surface area contributed by atoms with Crippen LogP contribution in [0.2, 0.25) is 0 Å². The predicted octanol–water partition coefficient (Wildman–Crippen LogP) is 3.28. The van der Waals surface area contributed by atoms with E-state index in [1.165, 1.54) is 20.1 Å². The van der Waals surface area contributed by atoms with Gasteiger partial charge in [-0.25, -0.2) is 0 Å². The lowest BCUT2D eigenvalue weighted by Crippen LogP contribution is -2.23. The molecule has 0 aromatic heterocycles. The summed E-state index contributed by atoms with van der Waals surface area (Å²) >= 11 is 0. The lowest BCUT2D eigenvalue weighted by Gasteiger charge is -2.11. The number of hydrogen-bond acceptors (Lipinski definition) is 6. The fourth-order valence-corrected chi connectivity index (χ4v) is 2.54. The van der Waals surface area contributed by atoms with E-state index >= 15 is 0 Å². The topological polar surface area (TPSA) is 108 Å². The smallest absolute Gasteiger partial charge is 0.274 e. The van der Waals surface area contributed by atoms with Gasteiger partial charge in [-0.05, 0) is 31.5 Å². The molecule has 8 nitrogen and oxygen atoms in total. The fraction of sp³-hybridized carbons (Fsp3) is 0.300. The number of rotatable bonds is 10. The minimum atomic E-state index is -0.472. The number of ketones is 1. The molecule has 0 atom stereocenters. The monoisotopic (exact) mass is 386 g/mol. The number of nitro groups is 1. The molecule has 1 N–H and O–H groups in total. The third kappa shape index (κ3) is 5.80. The van der Waals surface area contributed by atoms with Crippen molar-refractivity contribution in [3.8, 4) is 11.5 Å². The van der Waals surface area contributed by atoms with Gasteiger partial charge in [0.1, 0.15) is 0 Å². The van der Waals surface area contributed by atoms with E-state index in [4.69, 9.17) is 9.47 Å². The Bertz CT molecular complexity index is 866. The minimum absolute atomic E-state index is 0.0211. The molecule has 0 radical (unpaired) electrons. The van der Waals surface area contributed by atoms with Crippen LogP contribution in [0, 0.1) is 10.1 Å². The van der Waals surface area contributed by atoms with Crippen LogP contribution in [0.25, 0.3) is 0 Å². The zero-order chi connectivity index (χ0) is 20.5. The van der Waals surface area contributed by atoms with Crippen LogP contribution in [0.5, 0.6) is 11.5 Å². The van der Waals surface area contributed by atoms with Gasteiger partial charge in [-0.1, -0.05) is 18.2 Å². The van der Waals surface area contributed by atoms with Crippen LogP contribution < -0.4 is 14.8 Å². The summed E-state index contributed by atoms with van der Waals surface area (Å²) in [6, 6.07) is 11.2. The molecule has 2 rings (SSSR count). The summed E-state index contributed by atoms with van der Waals surface area (Å²) in [5.74, 6) is 0.655. The molecule has 0 saturated heterocycles. The molecule has 2 aromatic rings. The lowest BCUT2D eigenvalue weighted by atomic mass is 10.1. The summed E-state index contributed by atoms with van der Waals surface area (Å²) in [5, 5.41) is 13.6.